The molecule has 0 aromatic heterocycles. The van der Waals surface area contributed by atoms with E-state index in [2.05, 4.69) is 0 Å². The van der Waals surface area contributed by atoms with E-state index in [4.69, 9.17) is 27.9 Å². The van der Waals surface area contributed by atoms with Crippen LogP contribution >= 0.6 is 23.2 Å². The number of rotatable bonds is 2. The van der Waals surface area contributed by atoms with Crippen LogP contribution in [-0.4, -0.2) is 5.43 Å². The Morgan fingerprint density at radius 3 is 2.77 bits per heavy atom. The second-order valence-corrected chi connectivity index (χ2v) is 3.09. The van der Waals surface area contributed by atoms with Gasteiger partial charge >= 0.3 is 5.43 Å². The third-order valence-corrected chi connectivity index (χ3v) is 2.10. The average Bonchev–Trinajstić information content (AvgIpc) is 2.08. The molecular formula is C9H8Cl2O2. The molecule has 1 rings (SSSR count). The standard InChI is InChI=1S/C9H8Cl2O2/c1-6-7(5-10)3-2-4-8(6)13-9(11)12/h2-4H,5H2,1H3. The van der Waals surface area contributed by atoms with Crippen molar-refractivity contribution in [3.8, 4) is 5.75 Å². The Kier molecular flexibility index (Phi) is 3.58. The van der Waals surface area contributed by atoms with Crippen molar-refractivity contribution in [3.63, 3.8) is 0 Å². The average molecular weight is 219 g/mol. The van der Waals surface area contributed by atoms with Crippen molar-refractivity contribution in [2.24, 2.45) is 0 Å². The zero-order valence-electron chi connectivity index (χ0n) is 7.01. The fraction of sp³-hybridized carbons (Fsp3) is 0.222. The van der Waals surface area contributed by atoms with E-state index >= 15 is 0 Å². The van der Waals surface area contributed by atoms with Gasteiger partial charge in [-0.3, -0.25) is 0 Å². The smallest absolute Gasteiger partial charge is 0.409 e. The van der Waals surface area contributed by atoms with E-state index < -0.39 is 5.43 Å². The summed E-state index contributed by atoms with van der Waals surface area (Å²) in [6, 6.07) is 5.30. The van der Waals surface area contributed by atoms with Gasteiger partial charge in [-0.2, -0.15) is 0 Å². The van der Waals surface area contributed by atoms with Gasteiger partial charge in [-0.15, -0.1) is 11.6 Å². The van der Waals surface area contributed by atoms with E-state index in [-0.39, 0.29) is 0 Å². The van der Waals surface area contributed by atoms with Crippen LogP contribution in [0.1, 0.15) is 11.1 Å². The largest absolute Gasteiger partial charge is 0.414 e. The monoisotopic (exact) mass is 218 g/mol. The van der Waals surface area contributed by atoms with Gasteiger partial charge in [0.2, 0.25) is 0 Å². The Bertz CT molecular complexity index is 323. The molecule has 0 N–H and O–H groups in total. The normalized spacial score (nSPS) is 9.77. The summed E-state index contributed by atoms with van der Waals surface area (Å²) in [7, 11) is 0. The van der Waals surface area contributed by atoms with Gasteiger partial charge in [-0.25, -0.2) is 4.79 Å². The highest BCUT2D eigenvalue weighted by molar-refractivity contribution is 6.61. The van der Waals surface area contributed by atoms with E-state index in [1.807, 2.05) is 13.0 Å². The number of carbonyl (C=O) groups is 1. The molecule has 0 fully saturated rings. The lowest BCUT2D eigenvalue weighted by Gasteiger charge is -2.07. The Morgan fingerprint density at radius 1 is 1.54 bits per heavy atom. The molecule has 0 atom stereocenters. The molecule has 0 unspecified atom stereocenters. The molecule has 0 aliphatic rings. The van der Waals surface area contributed by atoms with Gasteiger partial charge in [0.05, 0.1) is 0 Å². The number of benzene rings is 1. The van der Waals surface area contributed by atoms with E-state index in [1.54, 1.807) is 12.1 Å². The lowest BCUT2D eigenvalue weighted by Crippen LogP contribution is -1.99. The SMILES string of the molecule is Cc1c(CCl)cccc1OC(=O)Cl. The predicted octanol–water partition coefficient (Wildman–Crippen LogP) is 3.47. The summed E-state index contributed by atoms with van der Waals surface area (Å²) in [6.07, 6.45) is 0. The summed E-state index contributed by atoms with van der Waals surface area (Å²) in [4.78, 5) is 10.5. The Hall–Kier alpha value is -0.730. The zero-order valence-corrected chi connectivity index (χ0v) is 8.52. The Balaban J connectivity index is 3.01. The van der Waals surface area contributed by atoms with Crippen molar-refractivity contribution in [2.75, 3.05) is 0 Å². The van der Waals surface area contributed by atoms with Gasteiger partial charge in [0, 0.05) is 17.5 Å². The maximum Gasteiger partial charge on any atom is 0.409 e. The van der Waals surface area contributed by atoms with Crippen LogP contribution < -0.4 is 4.74 Å². The number of hydrogen-bond donors (Lipinski definition) is 0. The highest BCUT2D eigenvalue weighted by Crippen LogP contribution is 2.23. The first-order chi connectivity index (χ1) is 6.15. The summed E-state index contributed by atoms with van der Waals surface area (Å²) >= 11 is 10.8. The summed E-state index contributed by atoms with van der Waals surface area (Å²) in [5, 5.41) is 0. The number of ether oxygens (including phenoxy) is 1. The molecule has 4 heteroatoms. The van der Waals surface area contributed by atoms with Crippen LogP contribution in [0.15, 0.2) is 18.2 Å². The van der Waals surface area contributed by atoms with Crippen molar-refractivity contribution in [1.29, 1.82) is 0 Å². The minimum atomic E-state index is -0.838. The molecule has 0 saturated carbocycles. The van der Waals surface area contributed by atoms with Crippen molar-refractivity contribution >= 4 is 28.6 Å². The summed E-state index contributed by atoms with van der Waals surface area (Å²) in [5.41, 5.74) is 0.929. The second kappa shape index (κ2) is 4.49. The molecule has 0 radical (unpaired) electrons. The topological polar surface area (TPSA) is 26.3 Å². The molecular weight excluding hydrogens is 211 g/mol. The lowest BCUT2D eigenvalue weighted by molar-refractivity contribution is 0.225. The van der Waals surface area contributed by atoms with Gasteiger partial charge in [0.1, 0.15) is 5.75 Å². The van der Waals surface area contributed by atoms with Crippen molar-refractivity contribution in [3.05, 3.63) is 29.3 Å². The van der Waals surface area contributed by atoms with Crippen molar-refractivity contribution in [1.82, 2.24) is 0 Å². The molecule has 0 bridgehead atoms. The fourth-order valence-corrected chi connectivity index (χ4v) is 1.37. The molecule has 0 spiro atoms. The molecule has 0 aliphatic carbocycles. The summed E-state index contributed by atoms with van der Waals surface area (Å²) in [6.45, 7) is 1.83. The first kappa shape index (κ1) is 10.4. The second-order valence-electron chi connectivity index (χ2n) is 2.51. The Labute approximate surface area is 86.4 Å². The zero-order chi connectivity index (χ0) is 9.84. The highest BCUT2D eigenvalue weighted by Gasteiger charge is 2.06. The van der Waals surface area contributed by atoms with Gasteiger partial charge in [0.15, 0.2) is 0 Å². The molecule has 0 heterocycles. The van der Waals surface area contributed by atoms with E-state index in [1.165, 1.54) is 0 Å². The minimum Gasteiger partial charge on any atom is -0.414 e. The lowest BCUT2D eigenvalue weighted by atomic mass is 10.1. The Morgan fingerprint density at radius 2 is 2.23 bits per heavy atom. The molecule has 0 aliphatic heterocycles. The number of halogens is 2. The highest BCUT2D eigenvalue weighted by atomic mass is 35.5. The van der Waals surface area contributed by atoms with E-state index in [0.717, 1.165) is 11.1 Å². The molecule has 0 amide bonds. The molecule has 70 valence electrons. The third-order valence-electron chi connectivity index (χ3n) is 1.73. The molecule has 0 saturated heterocycles. The first-order valence-corrected chi connectivity index (χ1v) is 4.58. The molecule has 2 nitrogen and oxygen atoms in total. The van der Waals surface area contributed by atoms with Crippen LogP contribution in [0.25, 0.3) is 0 Å². The maximum absolute atomic E-state index is 10.5. The molecule has 1 aromatic rings. The van der Waals surface area contributed by atoms with Gasteiger partial charge in [0.25, 0.3) is 0 Å². The van der Waals surface area contributed by atoms with Crippen LogP contribution in [0.5, 0.6) is 5.75 Å². The minimum absolute atomic E-state index is 0.388. The van der Waals surface area contributed by atoms with E-state index in [0.29, 0.717) is 11.6 Å². The van der Waals surface area contributed by atoms with Gasteiger partial charge in [-0.1, -0.05) is 12.1 Å². The third kappa shape index (κ3) is 2.61. The molecule has 1 aromatic carbocycles. The van der Waals surface area contributed by atoms with Crippen LogP contribution in [0.2, 0.25) is 0 Å². The first-order valence-electron chi connectivity index (χ1n) is 3.67. The van der Waals surface area contributed by atoms with Crippen molar-refractivity contribution in [2.45, 2.75) is 12.8 Å². The van der Waals surface area contributed by atoms with E-state index in [9.17, 15) is 4.79 Å². The van der Waals surface area contributed by atoms with Crippen molar-refractivity contribution < 1.29 is 9.53 Å². The number of hydrogen-bond acceptors (Lipinski definition) is 2. The summed E-state index contributed by atoms with van der Waals surface area (Å²) < 4.78 is 4.76. The molecule has 13 heavy (non-hydrogen) atoms. The number of alkyl halides is 1. The van der Waals surface area contributed by atoms with Gasteiger partial charge in [-0.05, 0) is 24.1 Å². The maximum atomic E-state index is 10.5. The number of carbonyl (C=O) groups excluding carboxylic acids is 1. The van der Waals surface area contributed by atoms with Gasteiger partial charge < -0.3 is 4.74 Å². The van der Waals surface area contributed by atoms with Crippen LogP contribution in [0, 0.1) is 6.92 Å². The van der Waals surface area contributed by atoms with Crippen LogP contribution in [0.3, 0.4) is 0 Å². The van der Waals surface area contributed by atoms with Crippen LogP contribution in [0.4, 0.5) is 4.79 Å². The fourth-order valence-electron chi connectivity index (χ4n) is 1.00. The summed E-state index contributed by atoms with van der Waals surface area (Å²) in [5.74, 6) is 0.845. The van der Waals surface area contributed by atoms with Crippen LogP contribution in [-0.2, 0) is 5.88 Å². The quantitative estimate of drug-likeness (QED) is 0.562. The predicted molar refractivity (Wildman–Crippen MR) is 52.6 cm³/mol.